The highest BCUT2D eigenvalue weighted by molar-refractivity contribution is 6.11. The van der Waals surface area contributed by atoms with E-state index in [1.165, 1.54) is 35.1 Å². The van der Waals surface area contributed by atoms with Crippen molar-refractivity contribution in [2.45, 2.75) is 19.4 Å². The van der Waals surface area contributed by atoms with Gasteiger partial charge in [-0.25, -0.2) is 9.07 Å². The van der Waals surface area contributed by atoms with Crippen LogP contribution in [0, 0.1) is 17.7 Å². The Kier molecular flexibility index (Phi) is 4.80. The first-order chi connectivity index (χ1) is 12.7. The maximum Gasteiger partial charge on any atom is 0.198 e. The van der Waals surface area contributed by atoms with Crippen LogP contribution >= 0.6 is 0 Å². The summed E-state index contributed by atoms with van der Waals surface area (Å²) in [6, 6.07) is 12.6. The third-order valence-corrected chi connectivity index (χ3v) is 3.78. The molecule has 0 aliphatic heterocycles. The van der Waals surface area contributed by atoms with Crippen molar-refractivity contribution in [1.29, 1.82) is 0 Å². The minimum Gasteiger partial charge on any atom is -0.383 e. The van der Waals surface area contributed by atoms with Crippen molar-refractivity contribution in [3.05, 3.63) is 77.2 Å². The molecule has 0 amide bonds. The van der Waals surface area contributed by atoms with Gasteiger partial charge in [-0.3, -0.25) is 4.79 Å². The van der Waals surface area contributed by atoms with Crippen LogP contribution in [0.15, 0.2) is 54.7 Å². The van der Waals surface area contributed by atoms with Gasteiger partial charge in [0.05, 0.1) is 23.0 Å². The third kappa shape index (κ3) is 4.22. The van der Waals surface area contributed by atoms with Crippen LogP contribution in [0.3, 0.4) is 0 Å². The van der Waals surface area contributed by atoms with Crippen LogP contribution in [0.1, 0.15) is 35.3 Å². The van der Waals surface area contributed by atoms with Gasteiger partial charge in [0.2, 0.25) is 0 Å². The molecule has 0 atom stereocenters. The summed E-state index contributed by atoms with van der Waals surface area (Å²) in [5, 5.41) is 4.16. The molecule has 3 aromatic rings. The molecule has 4 N–H and O–H groups in total. The molecule has 2 aromatic carbocycles. The van der Waals surface area contributed by atoms with E-state index in [1.54, 1.807) is 38.1 Å². The lowest BCUT2D eigenvalue weighted by atomic mass is 10.0. The molecule has 0 saturated carbocycles. The fourth-order valence-corrected chi connectivity index (χ4v) is 2.45. The molecule has 0 unspecified atom stereocenters. The van der Waals surface area contributed by atoms with Gasteiger partial charge in [-0.15, -0.1) is 0 Å². The Morgan fingerprint density at radius 3 is 2.56 bits per heavy atom. The largest absolute Gasteiger partial charge is 0.383 e. The third-order valence-electron chi connectivity index (χ3n) is 3.78. The summed E-state index contributed by atoms with van der Waals surface area (Å²) in [7, 11) is 0. The lowest BCUT2D eigenvalue weighted by Gasteiger charge is -2.07. The van der Waals surface area contributed by atoms with Gasteiger partial charge < -0.3 is 11.5 Å². The molecule has 0 spiro atoms. The van der Waals surface area contributed by atoms with Gasteiger partial charge in [-0.1, -0.05) is 24.0 Å². The summed E-state index contributed by atoms with van der Waals surface area (Å²) in [6.07, 6.45) is 1.41. The first kappa shape index (κ1) is 18.4. The second-order valence-electron chi connectivity index (χ2n) is 6.71. The van der Waals surface area contributed by atoms with Gasteiger partial charge in [0, 0.05) is 11.1 Å². The fraction of sp³-hybridized carbons (Fsp3) is 0.143. The molecule has 27 heavy (non-hydrogen) atoms. The van der Waals surface area contributed by atoms with Crippen molar-refractivity contribution in [3.63, 3.8) is 0 Å². The number of halogens is 1. The molecule has 5 nitrogen and oxygen atoms in total. The molecular weight excluding hydrogens is 343 g/mol. The first-order valence-electron chi connectivity index (χ1n) is 8.31. The van der Waals surface area contributed by atoms with E-state index in [9.17, 15) is 9.18 Å². The number of aromatic nitrogens is 2. The molecule has 3 rings (SSSR count). The normalized spacial score (nSPS) is 11.0. The Hall–Kier alpha value is -3.43. The van der Waals surface area contributed by atoms with E-state index in [0.717, 1.165) is 0 Å². The van der Waals surface area contributed by atoms with Crippen molar-refractivity contribution in [3.8, 4) is 17.5 Å². The summed E-state index contributed by atoms with van der Waals surface area (Å²) >= 11 is 0. The zero-order chi connectivity index (χ0) is 19.6. The van der Waals surface area contributed by atoms with Crippen molar-refractivity contribution in [1.82, 2.24) is 9.78 Å². The number of carbonyl (C=O) groups excluding carboxylic acids is 1. The second-order valence-corrected chi connectivity index (χ2v) is 6.71. The number of ketones is 1. The Bertz CT molecular complexity index is 1050. The summed E-state index contributed by atoms with van der Waals surface area (Å²) in [4.78, 5) is 12.9. The van der Waals surface area contributed by atoms with Gasteiger partial charge in [0.15, 0.2) is 5.78 Å². The number of anilines is 1. The Morgan fingerprint density at radius 2 is 1.89 bits per heavy atom. The van der Waals surface area contributed by atoms with Crippen LogP contribution < -0.4 is 11.5 Å². The quantitative estimate of drug-likeness (QED) is 0.554. The smallest absolute Gasteiger partial charge is 0.198 e. The Labute approximate surface area is 156 Å². The van der Waals surface area contributed by atoms with Crippen LogP contribution in [0.5, 0.6) is 0 Å². The van der Waals surface area contributed by atoms with E-state index < -0.39 is 5.54 Å². The summed E-state index contributed by atoms with van der Waals surface area (Å²) < 4.78 is 14.5. The Balaban J connectivity index is 1.93. The van der Waals surface area contributed by atoms with Crippen LogP contribution in [0.2, 0.25) is 0 Å². The number of hydrogen-bond donors (Lipinski definition) is 2. The summed E-state index contributed by atoms with van der Waals surface area (Å²) in [5.74, 6) is 5.46. The van der Waals surface area contributed by atoms with Crippen LogP contribution in [-0.2, 0) is 0 Å². The van der Waals surface area contributed by atoms with Crippen LogP contribution in [-0.4, -0.2) is 21.1 Å². The molecule has 0 radical (unpaired) electrons. The van der Waals surface area contributed by atoms with E-state index in [1.807, 2.05) is 0 Å². The highest BCUT2D eigenvalue weighted by atomic mass is 19.1. The molecule has 1 heterocycles. The molecule has 1 aromatic heterocycles. The van der Waals surface area contributed by atoms with Gasteiger partial charge in [0.25, 0.3) is 0 Å². The highest BCUT2D eigenvalue weighted by Crippen LogP contribution is 2.21. The number of carbonyl (C=O) groups is 1. The van der Waals surface area contributed by atoms with Crippen molar-refractivity contribution in [2.24, 2.45) is 5.73 Å². The van der Waals surface area contributed by atoms with Crippen molar-refractivity contribution < 1.29 is 9.18 Å². The minimum absolute atomic E-state index is 0.186. The monoisotopic (exact) mass is 362 g/mol. The van der Waals surface area contributed by atoms with Gasteiger partial charge >= 0.3 is 0 Å². The van der Waals surface area contributed by atoms with Gasteiger partial charge in [-0.05, 0) is 50.2 Å². The predicted octanol–water partition coefficient (Wildman–Crippen LogP) is 2.91. The zero-order valence-corrected chi connectivity index (χ0v) is 15.0. The van der Waals surface area contributed by atoms with Crippen molar-refractivity contribution in [2.75, 3.05) is 5.73 Å². The molecule has 0 saturated heterocycles. The molecule has 0 bridgehead atoms. The minimum atomic E-state index is -0.624. The maximum absolute atomic E-state index is 13.1. The molecule has 0 fully saturated rings. The number of benzene rings is 2. The molecule has 0 aliphatic rings. The number of hydrogen-bond acceptors (Lipinski definition) is 4. The predicted molar refractivity (Wildman–Crippen MR) is 103 cm³/mol. The van der Waals surface area contributed by atoms with E-state index in [2.05, 4.69) is 16.9 Å². The maximum atomic E-state index is 13.1. The number of nitrogen functional groups attached to an aromatic ring is 1. The molecule has 6 heteroatoms. The summed E-state index contributed by atoms with van der Waals surface area (Å²) in [5.41, 5.74) is 13.3. The Morgan fingerprint density at radius 1 is 1.19 bits per heavy atom. The van der Waals surface area contributed by atoms with Crippen LogP contribution in [0.25, 0.3) is 5.69 Å². The van der Waals surface area contributed by atoms with Gasteiger partial charge in [-0.2, -0.15) is 5.10 Å². The zero-order valence-electron chi connectivity index (χ0n) is 15.0. The first-order valence-corrected chi connectivity index (χ1v) is 8.31. The molecule has 0 aliphatic carbocycles. The highest BCUT2D eigenvalue weighted by Gasteiger charge is 2.18. The SMILES string of the molecule is CC(C)(N)C#Cc1cccc(C(=O)c2cnn(-c3ccc(F)cc3)c2N)c1. The summed E-state index contributed by atoms with van der Waals surface area (Å²) in [6.45, 7) is 3.61. The second kappa shape index (κ2) is 7.06. The van der Waals surface area contributed by atoms with Crippen molar-refractivity contribution >= 4 is 11.6 Å². The standard InChI is InChI=1S/C21H19FN4O/c1-21(2,24)11-10-14-4-3-5-15(12-14)19(27)18-13-25-26(20(18)23)17-8-6-16(22)7-9-17/h3-9,12-13H,23-24H2,1-2H3. The van der Waals surface area contributed by atoms with Crippen LogP contribution in [0.4, 0.5) is 10.2 Å². The van der Waals surface area contributed by atoms with Gasteiger partial charge in [0.1, 0.15) is 11.6 Å². The topological polar surface area (TPSA) is 86.9 Å². The van der Waals surface area contributed by atoms with E-state index in [0.29, 0.717) is 16.8 Å². The fourth-order valence-electron chi connectivity index (χ4n) is 2.45. The number of rotatable bonds is 3. The average molecular weight is 362 g/mol. The lowest BCUT2D eigenvalue weighted by Crippen LogP contribution is -2.29. The van der Waals surface area contributed by atoms with E-state index >= 15 is 0 Å². The average Bonchev–Trinajstić information content (AvgIpc) is 3.01. The van der Waals surface area contributed by atoms with E-state index in [4.69, 9.17) is 11.5 Å². The van der Waals surface area contributed by atoms with E-state index in [-0.39, 0.29) is 23.0 Å². The molecular formula is C21H19FN4O. The lowest BCUT2D eigenvalue weighted by molar-refractivity contribution is 0.103. The number of nitrogens with zero attached hydrogens (tertiary/aromatic N) is 2. The molecule has 136 valence electrons. The number of nitrogens with two attached hydrogens (primary N) is 2.